The van der Waals surface area contributed by atoms with Crippen LogP contribution in [0.3, 0.4) is 0 Å². The zero-order chi connectivity index (χ0) is 18.1. The number of halogens is 1. The van der Waals surface area contributed by atoms with Crippen LogP contribution in [-0.2, 0) is 19.3 Å². The topological polar surface area (TPSA) is 72.7 Å². The van der Waals surface area contributed by atoms with Crippen molar-refractivity contribution in [2.45, 2.75) is 39.0 Å². The monoisotopic (exact) mass is 371 g/mol. The van der Waals surface area contributed by atoms with Crippen molar-refractivity contribution in [3.05, 3.63) is 52.0 Å². The molecule has 0 spiro atoms. The second-order valence-electron chi connectivity index (χ2n) is 6.22. The minimum absolute atomic E-state index is 0.275. The summed E-state index contributed by atoms with van der Waals surface area (Å²) >= 11 is 1.39. The molecule has 1 aliphatic carbocycles. The third-order valence-corrected chi connectivity index (χ3v) is 5.27. The number of nitrogens with one attached hydrogen (secondary N) is 1. The van der Waals surface area contributed by atoms with Crippen molar-refractivity contribution in [3.63, 3.8) is 0 Å². The van der Waals surface area contributed by atoms with E-state index in [1.165, 1.54) is 23.5 Å². The third kappa shape index (κ3) is 3.12. The molecule has 0 saturated carbocycles. The van der Waals surface area contributed by atoms with Crippen LogP contribution in [0.15, 0.2) is 24.3 Å². The molecule has 1 aromatic carbocycles. The molecule has 1 N–H and O–H groups in total. The largest absolute Gasteiger partial charge is 0.295 e. The molecular formula is C18H18FN5OS. The van der Waals surface area contributed by atoms with Gasteiger partial charge >= 0.3 is 0 Å². The zero-order valence-electron chi connectivity index (χ0n) is 14.3. The van der Waals surface area contributed by atoms with Gasteiger partial charge in [0.1, 0.15) is 10.8 Å². The van der Waals surface area contributed by atoms with Crippen molar-refractivity contribution >= 4 is 22.4 Å². The van der Waals surface area contributed by atoms with Crippen molar-refractivity contribution in [2.24, 2.45) is 0 Å². The van der Waals surface area contributed by atoms with Crippen molar-refractivity contribution in [1.82, 2.24) is 20.0 Å². The molecule has 134 valence electrons. The van der Waals surface area contributed by atoms with E-state index >= 15 is 0 Å². The number of fused-ring (bicyclic) bond motifs is 1. The van der Waals surface area contributed by atoms with Gasteiger partial charge in [-0.15, -0.1) is 10.2 Å². The van der Waals surface area contributed by atoms with Crippen LogP contribution in [0, 0.1) is 5.82 Å². The average molecular weight is 371 g/mol. The molecule has 8 heteroatoms. The summed E-state index contributed by atoms with van der Waals surface area (Å²) in [6.07, 6.45) is 4.48. The maximum absolute atomic E-state index is 13.2. The van der Waals surface area contributed by atoms with E-state index in [0.717, 1.165) is 54.1 Å². The Hall–Kier alpha value is -2.61. The standard InChI is InChI=1S/C18H18FN5OS/c1-2-4-15-21-22-18(26-15)20-17(25)16-13-5-3-6-14(13)24(23-16)12-9-7-11(19)8-10-12/h7-10H,2-6H2,1H3,(H,20,22,25). The lowest BCUT2D eigenvalue weighted by atomic mass is 10.2. The maximum atomic E-state index is 13.2. The quantitative estimate of drug-likeness (QED) is 0.744. The average Bonchev–Trinajstić information content (AvgIpc) is 3.33. The minimum atomic E-state index is -0.297. The first-order chi connectivity index (χ1) is 12.7. The molecule has 2 heterocycles. The Labute approximate surface area is 154 Å². The predicted molar refractivity (Wildman–Crippen MR) is 97.4 cm³/mol. The molecule has 6 nitrogen and oxygen atoms in total. The van der Waals surface area contributed by atoms with Crippen molar-refractivity contribution in [3.8, 4) is 5.69 Å². The van der Waals surface area contributed by atoms with Gasteiger partial charge in [-0.1, -0.05) is 18.3 Å². The molecule has 0 unspecified atom stereocenters. The molecule has 0 aliphatic heterocycles. The molecule has 4 rings (SSSR count). The summed E-state index contributed by atoms with van der Waals surface area (Å²) in [7, 11) is 0. The molecule has 0 atom stereocenters. The fraction of sp³-hybridized carbons (Fsp3) is 0.333. The SMILES string of the molecule is CCCc1nnc(NC(=O)c2nn(-c3ccc(F)cc3)c3c2CCC3)s1. The molecule has 26 heavy (non-hydrogen) atoms. The van der Waals surface area contributed by atoms with E-state index in [1.54, 1.807) is 16.8 Å². The number of aromatic nitrogens is 4. The van der Waals surface area contributed by atoms with Crippen LogP contribution in [0.4, 0.5) is 9.52 Å². The fourth-order valence-corrected chi connectivity index (χ4v) is 4.03. The number of carbonyl (C=O) groups is 1. The highest BCUT2D eigenvalue weighted by Gasteiger charge is 2.27. The second kappa shape index (κ2) is 6.95. The molecule has 2 aromatic heterocycles. The highest BCUT2D eigenvalue weighted by Crippen LogP contribution is 2.28. The lowest BCUT2D eigenvalue weighted by Gasteiger charge is -2.05. The molecular weight excluding hydrogens is 353 g/mol. The Morgan fingerprint density at radius 3 is 2.85 bits per heavy atom. The Bertz CT molecular complexity index is 947. The predicted octanol–water partition coefficient (Wildman–Crippen LogP) is 3.56. The van der Waals surface area contributed by atoms with Crippen molar-refractivity contribution in [1.29, 1.82) is 0 Å². The zero-order valence-corrected chi connectivity index (χ0v) is 15.1. The van der Waals surface area contributed by atoms with Crippen molar-refractivity contribution < 1.29 is 9.18 Å². The van der Waals surface area contributed by atoms with Crippen molar-refractivity contribution in [2.75, 3.05) is 5.32 Å². The molecule has 1 aliphatic rings. The number of amides is 1. The number of carbonyl (C=O) groups excluding carboxylic acids is 1. The molecule has 0 bridgehead atoms. The van der Waals surface area contributed by atoms with Gasteiger partial charge in [-0.2, -0.15) is 5.10 Å². The van der Waals surface area contributed by atoms with Gasteiger partial charge in [0.05, 0.1) is 5.69 Å². The van der Waals surface area contributed by atoms with Crippen LogP contribution >= 0.6 is 11.3 Å². The van der Waals surface area contributed by atoms with E-state index in [-0.39, 0.29) is 11.7 Å². The van der Waals surface area contributed by atoms with E-state index in [4.69, 9.17) is 0 Å². The van der Waals surface area contributed by atoms with Gasteiger partial charge in [0.25, 0.3) is 5.91 Å². The Balaban J connectivity index is 1.63. The first kappa shape index (κ1) is 16.8. The van der Waals surface area contributed by atoms with Crippen LogP contribution < -0.4 is 5.32 Å². The first-order valence-electron chi connectivity index (χ1n) is 8.66. The van der Waals surface area contributed by atoms with Crippen LogP contribution in [0.25, 0.3) is 5.69 Å². The first-order valence-corrected chi connectivity index (χ1v) is 9.48. The Morgan fingerprint density at radius 2 is 2.08 bits per heavy atom. The summed E-state index contributed by atoms with van der Waals surface area (Å²) in [4.78, 5) is 12.7. The summed E-state index contributed by atoms with van der Waals surface area (Å²) in [6.45, 7) is 2.07. The van der Waals surface area contributed by atoms with Crippen LogP contribution in [0.2, 0.25) is 0 Å². The molecule has 1 amide bonds. The lowest BCUT2D eigenvalue weighted by Crippen LogP contribution is -2.14. The number of aryl methyl sites for hydroxylation is 1. The highest BCUT2D eigenvalue weighted by molar-refractivity contribution is 7.15. The second-order valence-corrected chi connectivity index (χ2v) is 7.28. The summed E-state index contributed by atoms with van der Waals surface area (Å²) in [5.74, 6) is -0.571. The molecule has 0 fully saturated rings. The van der Waals surface area contributed by atoms with Crippen LogP contribution in [-0.4, -0.2) is 25.9 Å². The number of hydrogen-bond donors (Lipinski definition) is 1. The minimum Gasteiger partial charge on any atom is -0.295 e. The summed E-state index contributed by atoms with van der Waals surface area (Å²) in [5, 5.41) is 16.8. The van der Waals surface area contributed by atoms with Crippen LogP contribution in [0.1, 0.15) is 46.5 Å². The van der Waals surface area contributed by atoms with Gasteiger partial charge in [0.2, 0.25) is 5.13 Å². The summed E-state index contributed by atoms with van der Waals surface area (Å²) < 4.78 is 15.0. The molecule has 0 saturated heterocycles. The van der Waals surface area contributed by atoms with Crippen LogP contribution in [0.5, 0.6) is 0 Å². The number of hydrogen-bond acceptors (Lipinski definition) is 5. The van der Waals surface area contributed by atoms with E-state index in [9.17, 15) is 9.18 Å². The van der Waals surface area contributed by atoms with E-state index < -0.39 is 0 Å². The fourth-order valence-electron chi connectivity index (χ4n) is 3.19. The smallest absolute Gasteiger partial charge is 0.278 e. The number of benzene rings is 1. The van der Waals surface area contributed by atoms with E-state index in [0.29, 0.717) is 10.8 Å². The summed E-state index contributed by atoms with van der Waals surface area (Å²) in [6, 6.07) is 6.14. The van der Waals surface area contributed by atoms with Gasteiger partial charge in [0, 0.05) is 17.7 Å². The Morgan fingerprint density at radius 1 is 1.27 bits per heavy atom. The lowest BCUT2D eigenvalue weighted by molar-refractivity contribution is 0.102. The Kier molecular flexibility index (Phi) is 4.50. The highest BCUT2D eigenvalue weighted by atomic mass is 32.1. The normalized spacial score (nSPS) is 13.0. The number of anilines is 1. The van der Waals surface area contributed by atoms with Gasteiger partial charge in [0.15, 0.2) is 5.69 Å². The van der Waals surface area contributed by atoms with Gasteiger partial charge in [-0.3, -0.25) is 10.1 Å². The van der Waals surface area contributed by atoms with E-state index in [2.05, 4.69) is 27.5 Å². The molecule has 3 aromatic rings. The van der Waals surface area contributed by atoms with Gasteiger partial charge in [-0.05, 0) is 49.9 Å². The van der Waals surface area contributed by atoms with Gasteiger partial charge in [-0.25, -0.2) is 9.07 Å². The third-order valence-electron chi connectivity index (χ3n) is 4.37. The number of nitrogens with zero attached hydrogens (tertiary/aromatic N) is 4. The maximum Gasteiger partial charge on any atom is 0.278 e. The summed E-state index contributed by atoms with van der Waals surface area (Å²) in [5.41, 5.74) is 3.15. The van der Waals surface area contributed by atoms with E-state index in [1.807, 2.05) is 0 Å². The molecule has 0 radical (unpaired) electrons. The number of rotatable bonds is 5. The van der Waals surface area contributed by atoms with Gasteiger partial charge < -0.3 is 0 Å².